The van der Waals surface area contributed by atoms with Crippen LogP contribution in [0.2, 0.25) is 0 Å². The highest BCUT2D eigenvalue weighted by molar-refractivity contribution is 6.01. The Balaban J connectivity index is 1.48. The van der Waals surface area contributed by atoms with Crippen LogP contribution < -0.4 is 10.2 Å². The molecule has 4 rings (SSSR count). The van der Waals surface area contributed by atoms with E-state index < -0.39 is 17.3 Å². The Hall–Kier alpha value is -3.09. The zero-order valence-electron chi connectivity index (χ0n) is 14.0. The van der Waals surface area contributed by atoms with Crippen LogP contribution in [0.3, 0.4) is 0 Å². The maximum atomic E-state index is 12.4. The van der Waals surface area contributed by atoms with Crippen molar-refractivity contribution in [1.29, 1.82) is 0 Å². The van der Waals surface area contributed by atoms with Crippen LogP contribution in [0.25, 0.3) is 0 Å². The zero-order valence-corrected chi connectivity index (χ0v) is 14.0. The summed E-state index contributed by atoms with van der Waals surface area (Å²) in [6.07, 6.45) is 2.87. The van der Waals surface area contributed by atoms with Gasteiger partial charge in [0.25, 0.3) is 5.91 Å². The van der Waals surface area contributed by atoms with Gasteiger partial charge in [0.05, 0.1) is 24.6 Å². The third-order valence-electron chi connectivity index (χ3n) is 5.10. The first kappa shape index (κ1) is 16.4. The minimum atomic E-state index is -0.892. The number of carbonyl (C=O) groups excluding carboxylic acids is 2. The summed E-state index contributed by atoms with van der Waals surface area (Å²) in [7, 11) is 0. The molecule has 0 bridgehead atoms. The maximum absolute atomic E-state index is 12.4. The SMILES string of the molecule is O=C(NCC1(C(=O)O)CC1)c1occc1CN1C(=O)Cc2ccccc21. The molecule has 0 saturated heterocycles. The summed E-state index contributed by atoms with van der Waals surface area (Å²) in [4.78, 5) is 37.6. The van der Waals surface area contributed by atoms with E-state index in [1.54, 1.807) is 11.0 Å². The van der Waals surface area contributed by atoms with Crippen molar-refractivity contribution in [2.45, 2.75) is 25.8 Å². The first-order chi connectivity index (χ1) is 12.5. The van der Waals surface area contributed by atoms with E-state index in [-0.39, 0.29) is 24.8 Å². The van der Waals surface area contributed by atoms with Crippen molar-refractivity contribution in [1.82, 2.24) is 5.32 Å². The van der Waals surface area contributed by atoms with Gasteiger partial charge in [-0.3, -0.25) is 14.4 Å². The van der Waals surface area contributed by atoms with E-state index in [2.05, 4.69) is 5.32 Å². The highest BCUT2D eigenvalue weighted by atomic mass is 16.4. The molecule has 2 heterocycles. The molecule has 2 aliphatic rings. The molecular weight excluding hydrogens is 336 g/mol. The standard InChI is InChI=1S/C19H18N2O5/c22-15-9-12-3-1-2-4-14(12)21(15)10-13-5-8-26-16(13)17(23)20-11-19(6-7-19)18(24)25/h1-5,8H,6-7,9-11H2,(H,20,23)(H,24,25). The van der Waals surface area contributed by atoms with Crippen molar-refractivity contribution in [2.75, 3.05) is 11.4 Å². The number of fused-ring (bicyclic) bond motifs is 1. The number of carboxylic acids is 1. The molecule has 2 aromatic rings. The van der Waals surface area contributed by atoms with Crippen molar-refractivity contribution in [2.24, 2.45) is 5.41 Å². The number of furan rings is 1. The van der Waals surface area contributed by atoms with Crippen LogP contribution in [0, 0.1) is 5.41 Å². The third-order valence-corrected chi connectivity index (χ3v) is 5.10. The minimum Gasteiger partial charge on any atom is -0.481 e. The molecule has 1 aromatic heterocycles. The molecule has 2 amide bonds. The molecule has 7 nitrogen and oxygen atoms in total. The largest absolute Gasteiger partial charge is 0.481 e. The summed E-state index contributed by atoms with van der Waals surface area (Å²) in [5.41, 5.74) is 1.55. The smallest absolute Gasteiger partial charge is 0.311 e. The van der Waals surface area contributed by atoms with Gasteiger partial charge < -0.3 is 19.7 Å². The first-order valence-corrected chi connectivity index (χ1v) is 8.46. The van der Waals surface area contributed by atoms with Gasteiger partial charge in [-0.15, -0.1) is 0 Å². The number of carboxylic acid groups (broad SMARTS) is 1. The predicted molar refractivity (Wildman–Crippen MR) is 91.7 cm³/mol. The van der Waals surface area contributed by atoms with Gasteiger partial charge in [0.2, 0.25) is 5.91 Å². The van der Waals surface area contributed by atoms with E-state index in [0.717, 1.165) is 11.3 Å². The average molecular weight is 354 g/mol. The number of nitrogens with zero attached hydrogens (tertiary/aromatic N) is 1. The van der Waals surface area contributed by atoms with Gasteiger partial charge in [0.1, 0.15) is 0 Å². The van der Waals surface area contributed by atoms with Gasteiger partial charge in [0, 0.05) is 17.8 Å². The van der Waals surface area contributed by atoms with Crippen molar-refractivity contribution in [3.63, 3.8) is 0 Å². The molecule has 1 aromatic carbocycles. The summed E-state index contributed by atoms with van der Waals surface area (Å²) in [5, 5.41) is 11.8. The van der Waals surface area contributed by atoms with Crippen LogP contribution >= 0.6 is 0 Å². The van der Waals surface area contributed by atoms with Gasteiger partial charge in [-0.1, -0.05) is 18.2 Å². The predicted octanol–water partition coefficient (Wildman–Crippen LogP) is 1.96. The molecule has 0 spiro atoms. The summed E-state index contributed by atoms with van der Waals surface area (Å²) >= 11 is 0. The number of anilines is 1. The monoisotopic (exact) mass is 354 g/mol. The van der Waals surface area contributed by atoms with E-state index in [0.29, 0.717) is 24.8 Å². The summed E-state index contributed by atoms with van der Waals surface area (Å²) in [6, 6.07) is 9.21. The fraction of sp³-hybridized carbons (Fsp3) is 0.316. The number of para-hydroxylation sites is 1. The number of carbonyl (C=O) groups is 3. The van der Waals surface area contributed by atoms with Crippen molar-refractivity contribution >= 4 is 23.5 Å². The van der Waals surface area contributed by atoms with E-state index in [9.17, 15) is 19.5 Å². The Morgan fingerprint density at radius 1 is 1.23 bits per heavy atom. The molecule has 134 valence electrons. The molecule has 1 saturated carbocycles. The lowest BCUT2D eigenvalue weighted by Crippen LogP contribution is -2.35. The molecular formula is C19H18N2O5. The number of hydrogen-bond donors (Lipinski definition) is 2. The lowest BCUT2D eigenvalue weighted by Gasteiger charge is -2.17. The number of aliphatic carboxylic acids is 1. The summed E-state index contributed by atoms with van der Waals surface area (Å²) < 4.78 is 5.31. The van der Waals surface area contributed by atoms with Gasteiger partial charge in [-0.2, -0.15) is 0 Å². The van der Waals surface area contributed by atoms with Crippen LogP contribution in [0.15, 0.2) is 41.0 Å². The number of hydrogen-bond acceptors (Lipinski definition) is 4. The van der Waals surface area contributed by atoms with E-state index in [4.69, 9.17) is 4.42 Å². The van der Waals surface area contributed by atoms with Crippen molar-refractivity contribution < 1.29 is 23.9 Å². The van der Waals surface area contributed by atoms with Crippen molar-refractivity contribution in [3.8, 4) is 0 Å². The second-order valence-electron chi connectivity index (χ2n) is 6.83. The van der Waals surface area contributed by atoms with Crippen LogP contribution in [-0.2, 0) is 22.6 Å². The van der Waals surface area contributed by atoms with Crippen LogP contribution in [0.1, 0.15) is 34.5 Å². The zero-order chi connectivity index (χ0) is 18.3. The topological polar surface area (TPSA) is 99.8 Å². The number of amides is 2. The minimum absolute atomic E-state index is 0.0263. The average Bonchev–Trinajstić information content (AvgIpc) is 3.18. The Morgan fingerprint density at radius 3 is 2.73 bits per heavy atom. The molecule has 2 N–H and O–H groups in total. The number of nitrogens with one attached hydrogen (secondary N) is 1. The normalized spacial score (nSPS) is 17.1. The molecule has 1 fully saturated rings. The fourth-order valence-electron chi connectivity index (χ4n) is 3.27. The molecule has 0 unspecified atom stereocenters. The van der Waals surface area contributed by atoms with Gasteiger partial charge in [0.15, 0.2) is 5.76 Å². The highest BCUT2D eigenvalue weighted by Gasteiger charge is 2.50. The molecule has 26 heavy (non-hydrogen) atoms. The lowest BCUT2D eigenvalue weighted by molar-refractivity contribution is -0.143. The summed E-state index contributed by atoms with van der Waals surface area (Å²) in [6.45, 7) is 0.311. The Kier molecular flexibility index (Phi) is 3.79. The Bertz CT molecular complexity index is 897. The maximum Gasteiger partial charge on any atom is 0.311 e. The lowest BCUT2D eigenvalue weighted by atomic mass is 10.1. The van der Waals surface area contributed by atoms with E-state index >= 15 is 0 Å². The molecule has 7 heteroatoms. The molecule has 0 atom stereocenters. The van der Waals surface area contributed by atoms with Crippen LogP contribution in [0.5, 0.6) is 0 Å². The fourth-order valence-corrected chi connectivity index (χ4v) is 3.27. The first-order valence-electron chi connectivity index (χ1n) is 8.46. The molecule has 0 radical (unpaired) electrons. The van der Waals surface area contributed by atoms with Gasteiger partial charge in [-0.25, -0.2) is 0 Å². The quantitative estimate of drug-likeness (QED) is 0.826. The summed E-state index contributed by atoms with van der Waals surface area (Å²) in [5.74, 6) is -1.26. The van der Waals surface area contributed by atoms with Crippen LogP contribution in [-0.4, -0.2) is 29.4 Å². The van der Waals surface area contributed by atoms with Gasteiger partial charge >= 0.3 is 5.97 Å². The van der Waals surface area contributed by atoms with Crippen LogP contribution in [0.4, 0.5) is 5.69 Å². The molecule has 1 aliphatic heterocycles. The second-order valence-corrected chi connectivity index (χ2v) is 6.83. The van der Waals surface area contributed by atoms with Gasteiger partial charge in [-0.05, 0) is 30.5 Å². The van der Waals surface area contributed by atoms with Crippen molar-refractivity contribution in [3.05, 3.63) is 53.5 Å². The Labute approximate surface area is 149 Å². The Morgan fingerprint density at radius 2 is 2.00 bits per heavy atom. The molecule has 1 aliphatic carbocycles. The number of benzene rings is 1. The third kappa shape index (κ3) is 2.75. The van der Waals surface area contributed by atoms with E-state index in [1.807, 2.05) is 24.3 Å². The second kappa shape index (κ2) is 6.01. The number of rotatable bonds is 6. The highest BCUT2D eigenvalue weighted by Crippen LogP contribution is 2.45. The van der Waals surface area contributed by atoms with E-state index in [1.165, 1.54) is 6.26 Å².